The predicted octanol–water partition coefficient (Wildman–Crippen LogP) is -6.88. The van der Waals surface area contributed by atoms with Crippen LogP contribution < -0.4 is 14.1 Å². The van der Waals surface area contributed by atoms with Crippen LogP contribution in [0.3, 0.4) is 0 Å². The fraction of sp³-hybridized carbons (Fsp3) is 1.00. The van der Waals surface area contributed by atoms with Gasteiger partial charge in [0, 0.05) is 0 Å². The lowest BCUT2D eigenvalue weighted by Crippen LogP contribution is -3.00. The molecule has 80 valence electrons. The topological polar surface area (TPSA) is 0 Å². The van der Waals surface area contributed by atoms with Crippen LogP contribution in [0.25, 0.3) is 0 Å². The van der Waals surface area contributed by atoms with Crippen LogP contribution in [0.5, 0.6) is 0 Å². The molecule has 0 fully saturated rings. The van der Waals surface area contributed by atoms with Gasteiger partial charge < -0.3 is 18.6 Å². The van der Waals surface area contributed by atoms with Crippen molar-refractivity contribution >= 4 is 0 Å². The van der Waals surface area contributed by atoms with Crippen LogP contribution in [-0.4, -0.2) is 30.7 Å². The third kappa shape index (κ3) is 5.41. The molecule has 0 aliphatic carbocycles. The summed E-state index contributed by atoms with van der Waals surface area (Å²) in [5.74, 6) is 0. The summed E-state index contributed by atoms with van der Waals surface area (Å²) in [6.45, 7) is 14.2. The van der Waals surface area contributed by atoms with Gasteiger partial charge in [-0.1, -0.05) is 0 Å². The summed E-state index contributed by atoms with van der Waals surface area (Å²) >= 11 is 0. The molecule has 0 aromatic carbocycles. The van der Waals surface area contributed by atoms with Crippen LogP contribution in [0.15, 0.2) is 0 Å². The van der Waals surface area contributed by atoms with Crippen molar-refractivity contribution in [3.63, 3.8) is 0 Å². The Labute approximate surface area is 76.4 Å². The third-order valence-corrected chi connectivity index (χ3v) is 2.68. The van der Waals surface area contributed by atoms with E-state index in [-0.39, 0.29) is 17.0 Å². The summed E-state index contributed by atoms with van der Waals surface area (Å²) < 4.78 is 1.28. The molecule has 0 saturated heterocycles. The Morgan fingerprint density at radius 1 is 0.667 bits per heavy atom. The number of nitrogens with zero attached hydrogens (tertiary/aromatic N) is 1. The van der Waals surface area contributed by atoms with Crippen LogP contribution in [0.1, 0.15) is 30.5 Å². The van der Waals surface area contributed by atoms with Crippen molar-refractivity contribution in [2.45, 2.75) is 27.7 Å². The highest BCUT2D eigenvalue weighted by atomic mass is 19.0. The van der Waals surface area contributed by atoms with E-state index in [1.54, 1.807) is 0 Å². The molecule has 0 radical (unpaired) electrons. The first-order valence-electron chi connectivity index (χ1n) is 4.09. The van der Waals surface area contributed by atoms with Crippen LogP contribution in [0.2, 0.25) is 0 Å². The van der Waals surface area contributed by atoms with E-state index < -0.39 is 0 Å². The van der Waals surface area contributed by atoms with E-state index in [1.165, 1.54) is 30.7 Å². The molecule has 0 atom stereocenters. The standard InChI is InChI=1S/C8H20N.3FH/c1-5-9(6-2,7-3)8-4;;;/h5-8H2,1-4H3;3*1H/q+1;;;/p-1. The molecule has 0 aromatic rings. The monoisotopic (exact) mass is 189 g/mol. The van der Waals surface area contributed by atoms with Crippen molar-refractivity contribution in [2.75, 3.05) is 26.2 Å². The van der Waals surface area contributed by atoms with Gasteiger partial charge in [-0.2, -0.15) is 0 Å². The predicted molar refractivity (Wildman–Crippen MR) is 44.6 cm³/mol. The first-order valence-corrected chi connectivity index (χ1v) is 4.09. The van der Waals surface area contributed by atoms with E-state index in [9.17, 15) is 0 Å². The minimum Gasteiger partial charge on any atom is -1.00 e. The molecule has 0 aromatic heterocycles. The van der Waals surface area contributed by atoms with Crippen molar-refractivity contribution in [1.82, 2.24) is 0 Å². The van der Waals surface area contributed by atoms with E-state index >= 15 is 0 Å². The third-order valence-electron chi connectivity index (χ3n) is 2.68. The second-order valence-electron chi connectivity index (χ2n) is 2.61. The lowest BCUT2D eigenvalue weighted by atomic mass is 10.3. The number of rotatable bonds is 4. The molecule has 0 saturated carbocycles. The molecule has 0 aliphatic heterocycles. The number of halogens is 3. The molecule has 0 spiro atoms. The van der Waals surface area contributed by atoms with Crippen molar-refractivity contribution in [3.8, 4) is 0 Å². The summed E-state index contributed by atoms with van der Waals surface area (Å²) in [5.41, 5.74) is 0. The van der Waals surface area contributed by atoms with E-state index in [1.807, 2.05) is 0 Å². The minimum atomic E-state index is 0. The van der Waals surface area contributed by atoms with Crippen LogP contribution in [-0.2, 0) is 0 Å². The zero-order valence-electron chi connectivity index (χ0n) is 10.4. The van der Waals surface area contributed by atoms with E-state index in [2.05, 4.69) is 27.7 Å². The van der Waals surface area contributed by atoms with Gasteiger partial charge in [0.05, 0.1) is 26.2 Å². The van der Waals surface area contributed by atoms with Gasteiger partial charge in [0.2, 0.25) is 0 Å². The number of quaternary nitrogens is 1. The first-order chi connectivity index (χ1) is 4.24. The van der Waals surface area contributed by atoms with Crippen molar-refractivity contribution in [3.05, 3.63) is 0 Å². The Bertz CT molecular complexity index is 65.5. The Hall–Kier alpha value is -0.250. The first kappa shape index (κ1) is 22.6. The Morgan fingerprint density at radius 3 is 0.833 bits per heavy atom. The second kappa shape index (κ2) is 10.8. The summed E-state index contributed by atoms with van der Waals surface area (Å²) in [6.07, 6.45) is 0. The molecule has 1 nitrogen and oxygen atoms in total. The summed E-state index contributed by atoms with van der Waals surface area (Å²) in [6, 6.07) is 0. The van der Waals surface area contributed by atoms with Gasteiger partial charge in [-0.05, 0) is 27.7 Å². The van der Waals surface area contributed by atoms with E-state index in [0.29, 0.717) is 0 Å². The SMILES string of the molecule is CC[N+](CC)(CC)CC.[F-].[F-].[F-].[H+].[H+]. The van der Waals surface area contributed by atoms with Crippen LogP contribution >= 0.6 is 0 Å². The van der Waals surface area contributed by atoms with Gasteiger partial charge in [-0.25, -0.2) is 0 Å². The van der Waals surface area contributed by atoms with Crippen LogP contribution in [0.4, 0.5) is 0 Å². The minimum absolute atomic E-state index is 0. The maximum absolute atomic E-state index is 2.27. The normalized spacial score (nSPS) is 9.00. The molecule has 0 amide bonds. The van der Waals surface area contributed by atoms with Gasteiger partial charge >= 0.3 is 2.85 Å². The van der Waals surface area contributed by atoms with Gasteiger partial charge in [0.15, 0.2) is 0 Å². The highest BCUT2D eigenvalue weighted by Gasteiger charge is 2.16. The maximum Gasteiger partial charge on any atom is 1.00 e. The van der Waals surface area contributed by atoms with Gasteiger partial charge in [0.1, 0.15) is 0 Å². The lowest BCUT2D eigenvalue weighted by Gasteiger charge is -2.34. The highest BCUT2D eigenvalue weighted by molar-refractivity contribution is 4.31. The quantitative estimate of drug-likeness (QED) is 0.386. The van der Waals surface area contributed by atoms with Crippen LogP contribution in [0, 0.1) is 0 Å². The maximum atomic E-state index is 2.27. The van der Waals surface area contributed by atoms with Crippen molar-refractivity contribution < 1.29 is 21.4 Å². The number of hydrogen-bond acceptors (Lipinski definition) is 0. The van der Waals surface area contributed by atoms with Crippen molar-refractivity contribution in [2.24, 2.45) is 0 Å². The average Bonchev–Trinajstić information content (AvgIpc) is 1.95. The molecule has 0 heterocycles. The lowest BCUT2D eigenvalue weighted by molar-refractivity contribution is -0.921. The van der Waals surface area contributed by atoms with E-state index in [4.69, 9.17) is 0 Å². The highest BCUT2D eigenvalue weighted by Crippen LogP contribution is 2.03. The molecule has 12 heavy (non-hydrogen) atoms. The molecule has 0 N–H and O–H groups in total. The Morgan fingerprint density at radius 2 is 0.833 bits per heavy atom. The smallest absolute Gasteiger partial charge is 1.00 e. The average molecular weight is 189 g/mol. The molecule has 0 rings (SSSR count). The second-order valence-corrected chi connectivity index (χ2v) is 2.61. The molecule has 0 bridgehead atoms. The van der Waals surface area contributed by atoms with Gasteiger partial charge in [0.25, 0.3) is 0 Å². The summed E-state index contributed by atoms with van der Waals surface area (Å²) in [4.78, 5) is 0. The molecule has 0 unspecified atom stereocenters. The fourth-order valence-electron chi connectivity index (χ4n) is 1.34. The summed E-state index contributed by atoms with van der Waals surface area (Å²) in [5, 5.41) is 0. The Balaban J connectivity index is -0.0000000320. The molecule has 0 aliphatic rings. The van der Waals surface area contributed by atoms with Gasteiger partial charge in [-0.3, -0.25) is 0 Å². The largest absolute Gasteiger partial charge is 1.00 e. The van der Waals surface area contributed by atoms with E-state index in [0.717, 1.165) is 0 Å². The zero-order chi connectivity index (χ0) is 7.33. The Kier molecular flexibility index (Phi) is 20.3. The fourth-order valence-corrected chi connectivity index (χ4v) is 1.34. The zero-order valence-corrected chi connectivity index (χ0v) is 8.41. The molecular weight excluding hydrogens is 167 g/mol. The molecule has 4 heteroatoms. The summed E-state index contributed by atoms with van der Waals surface area (Å²) in [7, 11) is 0. The molecular formula is C8H22F3N. The number of hydrogen-bond donors (Lipinski definition) is 0. The van der Waals surface area contributed by atoms with Crippen molar-refractivity contribution in [1.29, 1.82) is 0 Å². The van der Waals surface area contributed by atoms with Gasteiger partial charge in [-0.15, -0.1) is 0 Å².